The Balaban J connectivity index is 1.64. The van der Waals surface area contributed by atoms with E-state index in [-0.39, 0.29) is 28.0 Å². The van der Waals surface area contributed by atoms with Crippen molar-refractivity contribution in [1.29, 1.82) is 0 Å². The Morgan fingerprint density at radius 1 is 1.24 bits per heavy atom. The summed E-state index contributed by atoms with van der Waals surface area (Å²) in [7, 11) is 0. The molecule has 0 fully saturated rings. The van der Waals surface area contributed by atoms with Gasteiger partial charge < -0.3 is 11.1 Å². The highest BCUT2D eigenvalue weighted by molar-refractivity contribution is 6.04. The number of nitrogen functional groups attached to an aromatic ring is 1. The van der Waals surface area contributed by atoms with Crippen LogP contribution in [0.25, 0.3) is 22.4 Å². The number of aromatic amines is 1. The first kappa shape index (κ1) is 20.9. The van der Waals surface area contributed by atoms with E-state index in [1.165, 1.54) is 9.08 Å². The molecule has 0 saturated heterocycles. The Hall–Kier alpha value is -4.98. The maximum atomic E-state index is 13.6. The average molecular weight is 453 g/mol. The molecule has 4 heterocycles. The van der Waals surface area contributed by atoms with Crippen molar-refractivity contribution in [3.05, 3.63) is 76.2 Å². The quantitative estimate of drug-likeness (QED) is 0.350. The molecule has 0 aliphatic rings. The summed E-state index contributed by atoms with van der Waals surface area (Å²) in [5, 5.41) is 14.2. The molecule has 5 rings (SSSR count). The molecule has 4 N–H and O–H groups in total. The standard InChI is InChI=1S/C23H19N9O2/c1-3-8-15-16-19(29-28-15)27-20(32(23(16)34)14-9-5-4-6-10-14)13(2)26-22(33)17-18(24)30-31-12-7-11-25-21(17)31/h4-7,9-13H,1-2H3,(H2,24,30)(H,26,33)(H,28,29)/t13-/m1/s1. The first-order chi connectivity index (χ1) is 16.5. The van der Waals surface area contributed by atoms with Gasteiger partial charge in [-0.1, -0.05) is 24.1 Å². The number of fused-ring (bicyclic) bond motifs is 2. The Kier molecular flexibility index (Phi) is 5.03. The predicted molar refractivity (Wildman–Crippen MR) is 125 cm³/mol. The summed E-state index contributed by atoms with van der Waals surface area (Å²) in [5.74, 6) is 5.44. The summed E-state index contributed by atoms with van der Waals surface area (Å²) in [5.41, 5.74) is 7.29. The van der Waals surface area contributed by atoms with Gasteiger partial charge in [-0.05, 0) is 38.0 Å². The lowest BCUT2D eigenvalue weighted by Crippen LogP contribution is -2.33. The summed E-state index contributed by atoms with van der Waals surface area (Å²) >= 11 is 0. The number of nitrogens with two attached hydrogens (primary N) is 1. The highest BCUT2D eigenvalue weighted by atomic mass is 16.2. The van der Waals surface area contributed by atoms with Crippen LogP contribution in [0, 0.1) is 11.8 Å². The minimum Gasteiger partial charge on any atom is -0.381 e. The lowest BCUT2D eigenvalue weighted by atomic mass is 10.2. The fourth-order valence-electron chi connectivity index (χ4n) is 3.78. The molecule has 168 valence electrons. The fraction of sp³-hybridized carbons (Fsp3) is 0.130. The molecule has 4 aromatic heterocycles. The molecule has 11 nitrogen and oxygen atoms in total. The summed E-state index contributed by atoms with van der Waals surface area (Å²) in [6.45, 7) is 3.39. The van der Waals surface area contributed by atoms with Gasteiger partial charge in [0, 0.05) is 12.4 Å². The zero-order valence-electron chi connectivity index (χ0n) is 18.3. The Morgan fingerprint density at radius 3 is 2.79 bits per heavy atom. The lowest BCUT2D eigenvalue weighted by molar-refractivity contribution is 0.0940. The lowest BCUT2D eigenvalue weighted by Gasteiger charge is -2.18. The van der Waals surface area contributed by atoms with Gasteiger partial charge in [-0.3, -0.25) is 19.3 Å². The molecule has 0 radical (unpaired) electrons. The normalized spacial score (nSPS) is 11.8. The number of rotatable bonds is 4. The smallest absolute Gasteiger partial charge is 0.270 e. The molecule has 0 unspecified atom stereocenters. The molecule has 34 heavy (non-hydrogen) atoms. The molecule has 0 aliphatic heterocycles. The second-order valence-electron chi connectivity index (χ2n) is 7.46. The van der Waals surface area contributed by atoms with Crippen molar-refractivity contribution in [2.75, 3.05) is 5.73 Å². The highest BCUT2D eigenvalue weighted by Gasteiger charge is 2.25. The van der Waals surface area contributed by atoms with Gasteiger partial charge in [0.2, 0.25) is 0 Å². The van der Waals surface area contributed by atoms with E-state index >= 15 is 0 Å². The SMILES string of the molecule is CC#Cc1n[nH]c2nc([C@@H](C)NC(=O)c3c(N)nn4cccnc34)n(-c3ccccc3)c(=O)c12. The number of hydrogen-bond acceptors (Lipinski definition) is 7. The number of nitrogens with zero attached hydrogens (tertiary/aromatic N) is 6. The highest BCUT2D eigenvalue weighted by Crippen LogP contribution is 2.21. The second kappa shape index (κ2) is 8.18. The zero-order valence-corrected chi connectivity index (χ0v) is 18.3. The molecule has 0 spiro atoms. The topological polar surface area (TPSA) is 149 Å². The van der Waals surface area contributed by atoms with E-state index in [0.717, 1.165) is 0 Å². The first-order valence-corrected chi connectivity index (χ1v) is 10.4. The van der Waals surface area contributed by atoms with Crippen molar-refractivity contribution in [3.63, 3.8) is 0 Å². The minimum atomic E-state index is -0.688. The maximum absolute atomic E-state index is 13.6. The van der Waals surface area contributed by atoms with Gasteiger partial charge in [0.1, 0.15) is 22.5 Å². The van der Waals surface area contributed by atoms with E-state index in [9.17, 15) is 9.59 Å². The zero-order chi connectivity index (χ0) is 23.8. The summed E-state index contributed by atoms with van der Waals surface area (Å²) in [6, 6.07) is 10.0. The predicted octanol–water partition coefficient (Wildman–Crippen LogP) is 1.60. The fourth-order valence-corrected chi connectivity index (χ4v) is 3.78. The van der Waals surface area contributed by atoms with Crippen molar-refractivity contribution < 1.29 is 4.79 Å². The third-order valence-corrected chi connectivity index (χ3v) is 5.26. The monoisotopic (exact) mass is 453 g/mol. The van der Waals surface area contributed by atoms with Crippen LogP contribution in [0.15, 0.2) is 53.6 Å². The van der Waals surface area contributed by atoms with Gasteiger partial charge in [0.25, 0.3) is 11.5 Å². The van der Waals surface area contributed by atoms with E-state index in [1.54, 1.807) is 44.4 Å². The van der Waals surface area contributed by atoms with E-state index in [4.69, 9.17) is 5.73 Å². The molecule has 1 aromatic carbocycles. The van der Waals surface area contributed by atoms with Crippen LogP contribution in [-0.4, -0.2) is 40.3 Å². The summed E-state index contributed by atoms with van der Waals surface area (Å²) < 4.78 is 2.88. The van der Waals surface area contributed by atoms with Crippen molar-refractivity contribution in [2.45, 2.75) is 19.9 Å². The van der Waals surface area contributed by atoms with Crippen LogP contribution >= 0.6 is 0 Å². The largest absolute Gasteiger partial charge is 0.381 e. The van der Waals surface area contributed by atoms with Crippen molar-refractivity contribution in [3.8, 4) is 17.5 Å². The van der Waals surface area contributed by atoms with Gasteiger partial charge in [0.15, 0.2) is 17.1 Å². The summed E-state index contributed by atoms with van der Waals surface area (Å²) in [4.78, 5) is 35.6. The number of carbonyl (C=O) groups excluding carboxylic acids is 1. The van der Waals surface area contributed by atoms with Crippen LogP contribution in [0.2, 0.25) is 0 Å². The van der Waals surface area contributed by atoms with Crippen LogP contribution in [0.3, 0.4) is 0 Å². The molecule has 5 aromatic rings. The van der Waals surface area contributed by atoms with Crippen LogP contribution in [0.4, 0.5) is 5.82 Å². The third-order valence-electron chi connectivity index (χ3n) is 5.26. The Morgan fingerprint density at radius 2 is 2.03 bits per heavy atom. The Bertz CT molecular complexity index is 1670. The van der Waals surface area contributed by atoms with Crippen LogP contribution in [0.5, 0.6) is 0 Å². The molecule has 11 heteroatoms. The minimum absolute atomic E-state index is 0.0450. The van der Waals surface area contributed by atoms with Crippen molar-refractivity contribution in [2.24, 2.45) is 0 Å². The van der Waals surface area contributed by atoms with E-state index in [0.29, 0.717) is 22.9 Å². The molecule has 0 saturated carbocycles. The number of H-pyrrole nitrogens is 1. The molecular weight excluding hydrogens is 434 g/mol. The Labute approximate surface area is 192 Å². The van der Waals surface area contributed by atoms with Gasteiger partial charge in [-0.15, -0.1) is 5.10 Å². The van der Waals surface area contributed by atoms with E-state index in [1.807, 2.05) is 18.2 Å². The summed E-state index contributed by atoms with van der Waals surface area (Å²) in [6.07, 6.45) is 3.20. The van der Waals surface area contributed by atoms with Crippen LogP contribution in [0.1, 0.15) is 41.8 Å². The number of benzene rings is 1. The van der Waals surface area contributed by atoms with Gasteiger partial charge >= 0.3 is 0 Å². The number of carbonyl (C=O) groups is 1. The average Bonchev–Trinajstić information content (AvgIpc) is 3.39. The number of aromatic nitrogens is 7. The molecule has 1 atom stereocenters. The van der Waals surface area contributed by atoms with E-state index in [2.05, 4.69) is 42.4 Å². The number of anilines is 1. The number of para-hydroxylation sites is 1. The number of amides is 1. The molecule has 0 bridgehead atoms. The van der Waals surface area contributed by atoms with Crippen molar-refractivity contribution >= 4 is 28.4 Å². The molecule has 1 amide bonds. The van der Waals surface area contributed by atoms with Gasteiger partial charge in [-0.2, -0.15) is 5.10 Å². The molecule has 0 aliphatic carbocycles. The van der Waals surface area contributed by atoms with Crippen LogP contribution < -0.4 is 16.6 Å². The number of hydrogen-bond donors (Lipinski definition) is 3. The molecular formula is C23H19N9O2. The van der Waals surface area contributed by atoms with E-state index < -0.39 is 11.9 Å². The number of nitrogens with one attached hydrogen (secondary N) is 2. The van der Waals surface area contributed by atoms with Gasteiger partial charge in [-0.25, -0.2) is 14.5 Å². The van der Waals surface area contributed by atoms with Gasteiger partial charge in [0.05, 0.1) is 11.7 Å². The van der Waals surface area contributed by atoms with Crippen molar-refractivity contribution in [1.82, 2.24) is 39.7 Å². The maximum Gasteiger partial charge on any atom is 0.270 e. The second-order valence-corrected chi connectivity index (χ2v) is 7.46. The van der Waals surface area contributed by atoms with Crippen LogP contribution in [-0.2, 0) is 0 Å². The first-order valence-electron chi connectivity index (χ1n) is 10.4. The third kappa shape index (κ3) is 3.34.